The Labute approximate surface area is 273 Å². The molecule has 3 amide bonds. The summed E-state index contributed by atoms with van der Waals surface area (Å²) in [4.78, 5) is 32.0. The summed E-state index contributed by atoms with van der Waals surface area (Å²) in [6.45, 7) is 10.1. The first-order valence-corrected chi connectivity index (χ1v) is 15.6. The van der Waals surface area contributed by atoms with Crippen molar-refractivity contribution in [1.29, 1.82) is 0 Å². The van der Waals surface area contributed by atoms with E-state index in [0.717, 1.165) is 44.5 Å². The van der Waals surface area contributed by atoms with Crippen molar-refractivity contribution in [2.45, 2.75) is 45.7 Å². The SMILES string of the molecule is Cc1ccc(-n2nc(C(C)(C)C)cc2NC(=O)Nc2ccc(-c3ccc(CN4CCOCC4C(=O)NO)cc3)c3ccccc23)cn1. The lowest BCUT2D eigenvalue weighted by molar-refractivity contribution is -0.141. The quantitative estimate of drug-likeness (QED) is 0.127. The number of carbonyl (C=O) groups excluding carboxylic acids is 2. The summed E-state index contributed by atoms with van der Waals surface area (Å²) in [6.07, 6.45) is 1.74. The summed E-state index contributed by atoms with van der Waals surface area (Å²) in [5.74, 6) is 0.0681. The Kier molecular flexibility index (Phi) is 9.04. The molecule has 0 bridgehead atoms. The Balaban J connectivity index is 1.22. The number of carbonyl (C=O) groups is 2. The Bertz CT molecular complexity index is 1900. The van der Waals surface area contributed by atoms with Gasteiger partial charge in [-0.25, -0.2) is 15.0 Å². The molecule has 4 N–H and O–H groups in total. The van der Waals surface area contributed by atoms with Gasteiger partial charge in [0.05, 0.1) is 36.5 Å². The predicted octanol–water partition coefficient (Wildman–Crippen LogP) is 6.04. The van der Waals surface area contributed by atoms with Crippen molar-refractivity contribution in [2.75, 3.05) is 30.4 Å². The normalized spacial score (nSPS) is 15.4. The number of rotatable bonds is 7. The number of hydroxylamine groups is 1. The Morgan fingerprint density at radius 3 is 2.45 bits per heavy atom. The van der Waals surface area contributed by atoms with Gasteiger partial charge in [-0.05, 0) is 47.2 Å². The molecule has 11 heteroatoms. The van der Waals surface area contributed by atoms with Crippen LogP contribution in [0.5, 0.6) is 0 Å². The van der Waals surface area contributed by atoms with E-state index in [9.17, 15) is 9.59 Å². The number of pyridine rings is 1. The van der Waals surface area contributed by atoms with Crippen LogP contribution in [-0.4, -0.2) is 62.6 Å². The van der Waals surface area contributed by atoms with Crippen molar-refractivity contribution < 1.29 is 19.5 Å². The van der Waals surface area contributed by atoms with Gasteiger partial charge in [-0.1, -0.05) is 75.4 Å². The van der Waals surface area contributed by atoms with Gasteiger partial charge < -0.3 is 10.1 Å². The van der Waals surface area contributed by atoms with Crippen molar-refractivity contribution in [3.05, 3.63) is 102 Å². The summed E-state index contributed by atoms with van der Waals surface area (Å²) in [6, 6.07) is 24.9. The molecule has 0 spiro atoms. The number of nitrogens with one attached hydrogen (secondary N) is 3. The minimum absolute atomic E-state index is 0.220. The molecular formula is C36H39N7O4. The minimum atomic E-state index is -0.546. The topological polar surface area (TPSA) is 134 Å². The van der Waals surface area contributed by atoms with Crippen molar-refractivity contribution in [2.24, 2.45) is 0 Å². The van der Waals surface area contributed by atoms with Crippen molar-refractivity contribution >= 4 is 34.2 Å². The zero-order valence-electron chi connectivity index (χ0n) is 26.9. The van der Waals surface area contributed by atoms with Gasteiger partial charge in [-0.15, -0.1) is 0 Å². The van der Waals surface area contributed by atoms with E-state index in [1.807, 2.05) is 78.6 Å². The third-order valence-electron chi connectivity index (χ3n) is 8.33. The maximum atomic E-state index is 13.4. The summed E-state index contributed by atoms with van der Waals surface area (Å²) < 4.78 is 7.15. The minimum Gasteiger partial charge on any atom is -0.378 e. The van der Waals surface area contributed by atoms with E-state index < -0.39 is 11.9 Å². The lowest BCUT2D eigenvalue weighted by Crippen LogP contribution is -2.52. The van der Waals surface area contributed by atoms with E-state index in [1.165, 1.54) is 0 Å². The molecule has 3 heterocycles. The fourth-order valence-electron chi connectivity index (χ4n) is 5.72. The molecule has 1 atom stereocenters. The number of ether oxygens (including phenoxy) is 1. The molecule has 6 rings (SSSR count). The van der Waals surface area contributed by atoms with E-state index in [1.54, 1.807) is 16.4 Å². The van der Waals surface area contributed by atoms with E-state index >= 15 is 0 Å². The number of benzene rings is 3. The van der Waals surface area contributed by atoms with Gasteiger partial charge in [-0.3, -0.25) is 25.2 Å². The van der Waals surface area contributed by atoms with Crippen LogP contribution in [0.25, 0.3) is 27.6 Å². The highest BCUT2D eigenvalue weighted by molar-refractivity contribution is 6.09. The van der Waals surface area contributed by atoms with E-state index in [4.69, 9.17) is 15.0 Å². The first kappa shape index (κ1) is 31.9. The highest BCUT2D eigenvalue weighted by atomic mass is 16.5. The molecule has 1 aliphatic rings. The van der Waals surface area contributed by atoms with Crippen LogP contribution in [0.1, 0.15) is 37.7 Å². The number of urea groups is 1. The van der Waals surface area contributed by atoms with Crippen LogP contribution in [-0.2, 0) is 21.5 Å². The van der Waals surface area contributed by atoms with Crippen molar-refractivity contribution in [3.63, 3.8) is 0 Å². The van der Waals surface area contributed by atoms with Crippen molar-refractivity contribution in [1.82, 2.24) is 25.1 Å². The molecule has 0 saturated carbocycles. The summed E-state index contributed by atoms with van der Waals surface area (Å²) in [5, 5.41) is 21.9. The molecule has 11 nitrogen and oxygen atoms in total. The van der Waals surface area contributed by atoms with Gasteiger partial charge in [0.15, 0.2) is 0 Å². The van der Waals surface area contributed by atoms with Gasteiger partial charge in [0, 0.05) is 35.7 Å². The Hall–Kier alpha value is -5.10. The van der Waals surface area contributed by atoms with Gasteiger partial charge in [-0.2, -0.15) is 5.10 Å². The van der Waals surface area contributed by atoms with E-state index in [2.05, 4.69) is 48.5 Å². The number of amides is 3. The van der Waals surface area contributed by atoms with Crippen LogP contribution < -0.4 is 16.1 Å². The van der Waals surface area contributed by atoms with Gasteiger partial charge in [0.2, 0.25) is 0 Å². The number of aryl methyl sites for hydroxylation is 1. The van der Waals surface area contributed by atoms with Crippen LogP contribution in [0.15, 0.2) is 85.1 Å². The van der Waals surface area contributed by atoms with Gasteiger partial charge in [0.25, 0.3) is 5.91 Å². The van der Waals surface area contributed by atoms with Gasteiger partial charge in [0.1, 0.15) is 11.9 Å². The zero-order valence-corrected chi connectivity index (χ0v) is 26.9. The lowest BCUT2D eigenvalue weighted by atomic mass is 9.92. The molecule has 1 unspecified atom stereocenters. The van der Waals surface area contributed by atoms with Gasteiger partial charge >= 0.3 is 6.03 Å². The Morgan fingerprint density at radius 2 is 1.74 bits per heavy atom. The number of hydrogen-bond donors (Lipinski definition) is 4. The molecule has 0 aliphatic carbocycles. The number of morpholine rings is 1. The number of hydrogen-bond acceptors (Lipinski definition) is 7. The number of aromatic nitrogens is 3. The maximum Gasteiger partial charge on any atom is 0.324 e. The third kappa shape index (κ3) is 7.02. The average molecular weight is 634 g/mol. The van der Waals surface area contributed by atoms with Crippen LogP contribution in [0.2, 0.25) is 0 Å². The molecular weight excluding hydrogens is 594 g/mol. The highest BCUT2D eigenvalue weighted by Gasteiger charge is 2.29. The third-order valence-corrected chi connectivity index (χ3v) is 8.33. The first-order valence-electron chi connectivity index (χ1n) is 15.6. The molecule has 0 radical (unpaired) electrons. The zero-order chi connectivity index (χ0) is 33.1. The molecule has 47 heavy (non-hydrogen) atoms. The average Bonchev–Trinajstić information content (AvgIpc) is 3.50. The molecule has 242 valence electrons. The van der Waals surface area contributed by atoms with Crippen LogP contribution >= 0.6 is 0 Å². The van der Waals surface area contributed by atoms with Crippen LogP contribution in [0.4, 0.5) is 16.3 Å². The summed E-state index contributed by atoms with van der Waals surface area (Å²) >= 11 is 0. The molecule has 2 aromatic heterocycles. The second kappa shape index (κ2) is 13.3. The summed E-state index contributed by atoms with van der Waals surface area (Å²) in [5.41, 5.74) is 7.79. The smallest absolute Gasteiger partial charge is 0.324 e. The largest absolute Gasteiger partial charge is 0.378 e. The molecule has 3 aromatic carbocycles. The number of nitrogens with zero attached hydrogens (tertiary/aromatic N) is 4. The fourth-order valence-corrected chi connectivity index (χ4v) is 5.72. The van der Waals surface area contributed by atoms with E-state index in [-0.39, 0.29) is 18.1 Å². The predicted molar refractivity (Wildman–Crippen MR) is 182 cm³/mol. The molecule has 1 fully saturated rings. The van der Waals surface area contributed by atoms with Crippen LogP contribution in [0.3, 0.4) is 0 Å². The monoisotopic (exact) mass is 633 g/mol. The standard InChI is InChI=1S/C36H39N7O4/c1-23-9-14-26(20-37-23)43-33(19-32(40-43)36(2,3)4)39-35(45)38-30-16-15-27(28-7-5-6-8-29(28)30)25-12-10-24(11-13-25)21-42-17-18-47-22-31(42)34(44)41-46/h5-16,19-20,31,46H,17-18,21-22H2,1-4H3,(H,41,44)(H2,38,39,45). The number of fused-ring (bicyclic) bond motifs is 1. The molecule has 1 saturated heterocycles. The summed E-state index contributed by atoms with van der Waals surface area (Å²) in [7, 11) is 0. The Morgan fingerprint density at radius 1 is 0.979 bits per heavy atom. The van der Waals surface area contributed by atoms with Crippen LogP contribution in [0, 0.1) is 6.92 Å². The van der Waals surface area contributed by atoms with E-state index in [0.29, 0.717) is 31.2 Å². The second-order valence-electron chi connectivity index (χ2n) is 12.8. The second-order valence-corrected chi connectivity index (χ2v) is 12.8. The lowest BCUT2D eigenvalue weighted by Gasteiger charge is -2.33. The maximum absolute atomic E-state index is 13.4. The first-order chi connectivity index (χ1) is 22.6. The highest BCUT2D eigenvalue weighted by Crippen LogP contribution is 2.34. The number of anilines is 2. The fraction of sp³-hybridized carbons (Fsp3) is 0.278. The van der Waals surface area contributed by atoms with Crippen molar-refractivity contribution in [3.8, 4) is 16.8 Å². The molecule has 5 aromatic rings. The molecule has 1 aliphatic heterocycles.